The lowest BCUT2D eigenvalue weighted by Gasteiger charge is -2.35. The number of methoxy groups -OCH3 is 2. The first kappa shape index (κ1) is 24.1. The smallest absolute Gasteiger partial charge is 0.124 e. The summed E-state index contributed by atoms with van der Waals surface area (Å²) in [6.45, 7) is 10.8. The van der Waals surface area contributed by atoms with E-state index in [4.69, 9.17) is 9.47 Å². The van der Waals surface area contributed by atoms with E-state index in [0.29, 0.717) is 6.04 Å². The van der Waals surface area contributed by atoms with Gasteiger partial charge >= 0.3 is 0 Å². The van der Waals surface area contributed by atoms with Gasteiger partial charge in [0.05, 0.1) is 14.2 Å². The number of benzene rings is 2. The van der Waals surface area contributed by atoms with Gasteiger partial charge in [0, 0.05) is 17.6 Å². The van der Waals surface area contributed by atoms with Crippen molar-refractivity contribution in [3.05, 3.63) is 77.4 Å². The molecule has 1 saturated carbocycles. The van der Waals surface area contributed by atoms with Crippen molar-refractivity contribution in [1.82, 2.24) is 4.90 Å². The van der Waals surface area contributed by atoms with Crippen molar-refractivity contribution < 1.29 is 9.47 Å². The van der Waals surface area contributed by atoms with E-state index in [1.54, 1.807) is 14.2 Å². The topological polar surface area (TPSA) is 21.7 Å². The molecule has 0 amide bonds. The highest BCUT2D eigenvalue weighted by Gasteiger charge is 2.40. The Bertz CT molecular complexity index is 818. The lowest BCUT2D eigenvalue weighted by Crippen LogP contribution is -2.34. The molecule has 0 heterocycles. The molecule has 5 radical (unpaired) electrons. The number of aryl methyl sites for hydroxylation is 4. The largest absolute Gasteiger partial charge is 0.496 e. The zero-order valence-electron chi connectivity index (χ0n) is 20.3. The maximum absolute atomic E-state index is 5.65. The van der Waals surface area contributed by atoms with Gasteiger partial charge in [-0.25, -0.2) is 0 Å². The van der Waals surface area contributed by atoms with Crippen LogP contribution < -0.4 is 20.1 Å². The van der Waals surface area contributed by atoms with E-state index in [9.17, 15) is 0 Å². The first-order chi connectivity index (χ1) is 14.7. The standard InChI is InChI=1S/C27H35NO2P/c1-17-13-22(14-18(2)26(17)29-8)31(23-15-19(3)27(30-9)20(4)16-23)25-12-10-11-24(25)21(5)28(6)7/h10-16,21H,1-9H3/t21-/m1/s1. The minimum atomic E-state index is -0.724. The van der Waals surface area contributed by atoms with E-state index in [-0.39, 0.29) is 0 Å². The maximum Gasteiger partial charge on any atom is 0.124 e. The average molecular weight is 437 g/mol. The molecule has 3 nitrogen and oxygen atoms in total. The van der Waals surface area contributed by atoms with Gasteiger partial charge in [-0.1, -0.05) is 0 Å². The van der Waals surface area contributed by atoms with Crippen molar-refractivity contribution in [2.75, 3.05) is 28.3 Å². The van der Waals surface area contributed by atoms with Gasteiger partial charge < -0.3 is 14.4 Å². The summed E-state index contributed by atoms with van der Waals surface area (Å²) in [5, 5.41) is 2.71. The Morgan fingerprint density at radius 1 is 0.742 bits per heavy atom. The van der Waals surface area contributed by atoms with E-state index in [1.165, 1.54) is 44.4 Å². The molecular weight excluding hydrogens is 401 g/mol. The summed E-state index contributed by atoms with van der Waals surface area (Å²) in [5.74, 6) is 3.35. The number of hydrogen-bond acceptors (Lipinski definition) is 3. The van der Waals surface area contributed by atoms with E-state index in [0.717, 1.165) is 11.5 Å². The van der Waals surface area contributed by atoms with Crippen LogP contribution >= 0.6 is 7.92 Å². The van der Waals surface area contributed by atoms with Crippen LogP contribution in [-0.4, -0.2) is 39.3 Å². The molecule has 2 aromatic carbocycles. The maximum atomic E-state index is 5.65. The quantitative estimate of drug-likeness (QED) is 0.567. The van der Waals surface area contributed by atoms with Gasteiger partial charge in [-0.15, -0.1) is 0 Å². The second-order valence-electron chi connectivity index (χ2n) is 8.57. The van der Waals surface area contributed by atoms with E-state index >= 15 is 0 Å². The molecule has 1 fully saturated rings. The van der Waals surface area contributed by atoms with Crippen LogP contribution in [0.1, 0.15) is 29.2 Å². The van der Waals surface area contributed by atoms with Crippen molar-refractivity contribution in [2.24, 2.45) is 0 Å². The third-order valence-electron chi connectivity index (χ3n) is 6.11. The number of ether oxygens (including phenoxy) is 2. The van der Waals surface area contributed by atoms with Gasteiger partial charge in [-0.05, 0) is 133 Å². The van der Waals surface area contributed by atoms with E-state index < -0.39 is 7.92 Å². The van der Waals surface area contributed by atoms with E-state index in [2.05, 4.69) is 97.1 Å². The van der Waals surface area contributed by atoms with E-state index in [1.807, 2.05) is 0 Å². The fourth-order valence-corrected chi connectivity index (χ4v) is 7.34. The van der Waals surface area contributed by atoms with Crippen LogP contribution in [0.2, 0.25) is 0 Å². The third kappa shape index (κ3) is 4.78. The summed E-state index contributed by atoms with van der Waals surface area (Å²) in [5.41, 5.74) is 6.15. The summed E-state index contributed by atoms with van der Waals surface area (Å²) < 4.78 is 11.3. The molecular formula is C27H35NO2P. The lowest BCUT2D eigenvalue weighted by molar-refractivity contribution is 0.333. The summed E-state index contributed by atoms with van der Waals surface area (Å²) in [6, 6.07) is 9.58. The molecule has 165 valence electrons. The molecule has 0 unspecified atom stereocenters. The van der Waals surface area contributed by atoms with Crippen molar-refractivity contribution in [1.29, 1.82) is 0 Å². The molecule has 0 bridgehead atoms. The Morgan fingerprint density at radius 2 is 1.16 bits per heavy atom. The van der Waals surface area contributed by atoms with Gasteiger partial charge in [-0.3, -0.25) is 0 Å². The monoisotopic (exact) mass is 436 g/mol. The fourth-order valence-electron chi connectivity index (χ4n) is 4.44. The Kier molecular flexibility index (Phi) is 7.71. The summed E-state index contributed by atoms with van der Waals surface area (Å²) in [7, 11) is 7.07. The van der Waals surface area contributed by atoms with Crippen molar-refractivity contribution in [3.8, 4) is 11.5 Å². The second kappa shape index (κ2) is 9.92. The van der Waals surface area contributed by atoms with Crippen molar-refractivity contribution in [3.63, 3.8) is 0 Å². The first-order valence-corrected chi connectivity index (χ1v) is 12.1. The van der Waals surface area contributed by atoms with Crippen LogP contribution in [0.3, 0.4) is 0 Å². The summed E-state index contributed by atoms with van der Waals surface area (Å²) in [4.78, 5) is 2.28. The van der Waals surface area contributed by atoms with Crippen LogP contribution in [0.15, 0.2) is 24.3 Å². The Morgan fingerprint density at radius 3 is 1.52 bits per heavy atom. The molecule has 0 spiro atoms. The summed E-state index contributed by atoms with van der Waals surface area (Å²) >= 11 is 0. The van der Waals surface area contributed by atoms with Crippen LogP contribution in [0.5, 0.6) is 11.5 Å². The SMILES string of the molecule is COc1c(C)cc(P([C]2[CH][CH][CH][C]2[C@@H](C)N(C)C)c2cc(C)c(OC)c(C)c2)cc1C. The number of hydrogen-bond donors (Lipinski definition) is 0. The van der Waals surface area contributed by atoms with Gasteiger partial charge in [0.2, 0.25) is 0 Å². The highest BCUT2D eigenvalue weighted by Crippen LogP contribution is 2.58. The van der Waals surface area contributed by atoms with Crippen LogP contribution in [0.4, 0.5) is 0 Å². The Balaban J connectivity index is 2.18. The van der Waals surface area contributed by atoms with Crippen molar-refractivity contribution >= 4 is 18.5 Å². The molecule has 0 N–H and O–H groups in total. The highest BCUT2D eigenvalue weighted by atomic mass is 31.1. The molecule has 0 saturated heterocycles. The lowest BCUT2D eigenvalue weighted by atomic mass is 9.98. The molecule has 1 atom stereocenters. The molecule has 2 aromatic rings. The minimum Gasteiger partial charge on any atom is -0.496 e. The number of rotatable bonds is 7. The van der Waals surface area contributed by atoms with Crippen molar-refractivity contribution in [2.45, 2.75) is 40.7 Å². The third-order valence-corrected chi connectivity index (χ3v) is 8.54. The van der Waals surface area contributed by atoms with Gasteiger partial charge in [0.15, 0.2) is 0 Å². The molecule has 1 aliphatic rings. The average Bonchev–Trinajstić information content (AvgIpc) is 3.16. The Hall–Kier alpha value is -1.57. The van der Waals surface area contributed by atoms with Gasteiger partial charge in [0.1, 0.15) is 11.5 Å². The van der Waals surface area contributed by atoms with Crippen LogP contribution in [0.25, 0.3) is 0 Å². The molecule has 31 heavy (non-hydrogen) atoms. The number of nitrogens with zero attached hydrogens (tertiary/aromatic N) is 1. The molecule has 4 heteroatoms. The molecule has 1 aliphatic carbocycles. The van der Waals surface area contributed by atoms with Gasteiger partial charge in [-0.2, -0.15) is 0 Å². The molecule has 0 aliphatic heterocycles. The minimum absolute atomic E-state index is 0.343. The first-order valence-electron chi connectivity index (χ1n) is 10.7. The molecule has 0 aromatic heterocycles. The zero-order chi connectivity index (χ0) is 22.9. The normalized spacial score (nSPS) is 16.4. The molecule has 3 rings (SSSR count). The zero-order valence-corrected chi connectivity index (χ0v) is 21.2. The van der Waals surface area contributed by atoms with Gasteiger partial charge in [0.25, 0.3) is 0 Å². The Labute approximate surface area is 190 Å². The predicted molar refractivity (Wildman–Crippen MR) is 134 cm³/mol. The fraction of sp³-hybridized carbons (Fsp3) is 0.370. The second-order valence-corrected chi connectivity index (χ2v) is 10.8. The predicted octanol–water partition coefficient (Wildman–Crippen LogP) is 5.05. The summed E-state index contributed by atoms with van der Waals surface area (Å²) in [6.07, 6.45) is 6.79. The van der Waals surface area contributed by atoms with Crippen LogP contribution in [0, 0.1) is 58.5 Å². The van der Waals surface area contributed by atoms with Crippen LogP contribution in [-0.2, 0) is 0 Å². The highest BCUT2D eigenvalue weighted by molar-refractivity contribution is 7.76.